The monoisotopic (exact) mass is 326 g/mol. The predicted molar refractivity (Wildman–Crippen MR) is 95.0 cm³/mol. The molecule has 0 nitrogen and oxygen atoms in total. The van der Waals surface area contributed by atoms with E-state index in [1.54, 1.807) is 0 Å². The molecule has 134 valence electrons. The fraction of sp³-hybridized carbons (Fsp3) is 0.905. The molecule has 2 saturated carbocycles. The zero-order valence-corrected chi connectivity index (χ0v) is 15.0. The van der Waals surface area contributed by atoms with Crippen LogP contribution in [-0.2, 0) is 0 Å². The summed E-state index contributed by atoms with van der Waals surface area (Å²) >= 11 is 0. The molecule has 4 atom stereocenters. The number of hydrogen-bond acceptors (Lipinski definition) is 0. The number of alkyl halides is 2. The number of hydrogen-bond donors (Lipinski definition) is 0. The van der Waals surface area contributed by atoms with Gasteiger partial charge in [-0.05, 0) is 68.6 Å². The highest BCUT2D eigenvalue weighted by atomic mass is 19.2. The first-order chi connectivity index (χ1) is 11.1. The summed E-state index contributed by atoms with van der Waals surface area (Å²) in [5.41, 5.74) is 0. The van der Waals surface area contributed by atoms with Crippen LogP contribution in [-0.4, -0.2) is 12.3 Å². The minimum absolute atomic E-state index is 0.427. The van der Waals surface area contributed by atoms with Gasteiger partial charge in [0.1, 0.15) is 12.3 Å². The van der Waals surface area contributed by atoms with Crippen LogP contribution in [0.2, 0.25) is 0 Å². The molecule has 0 aromatic rings. The topological polar surface area (TPSA) is 0 Å². The summed E-state index contributed by atoms with van der Waals surface area (Å²) in [5.74, 6) is 2.91. The summed E-state index contributed by atoms with van der Waals surface area (Å²) in [4.78, 5) is 0. The van der Waals surface area contributed by atoms with Crippen molar-refractivity contribution in [3.05, 3.63) is 12.7 Å². The lowest BCUT2D eigenvalue weighted by molar-refractivity contribution is 0.0846. The lowest BCUT2D eigenvalue weighted by Crippen LogP contribution is -2.27. The van der Waals surface area contributed by atoms with Crippen molar-refractivity contribution in [2.75, 3.05) is 0 Å². The smallest absolute Gasteiger partial charge is 0.131 e. The maximum Gasteiger partial charge on any atom is 0.131 e. The molecule has 2 aliphatic carbocycles. The van der Waals surface area contributed by atoms with Gasteiger partial charge in [0.15, 0.2) is 0 Å². The van der Waals surface area contributed by atoms with E-state index in [9.17, 15) is 8.78 Å². The summed E-state index contributed by atoms with van der Waals surface area (Å²) in [5, 5.41) is 0. The van der Waals surface area contributed by atoms with Crippen LogP contribution in [0, 0.1) is 23.7 Å². The second-order valence-corrected chi connectivity index (χ2v) is 8.10. The van der Waals surface area contributed by atoms with E-state index in [1.165, 1.54) is 51.4 Å². The van der Waals surface area contributed by atoms with Crippen LogP contribution in [0.3, 0.4) is 0 Å². The Bertz CT molecular complexity index is 333. The summed E-state index contributed by atoms with van der Waals surface area (Å²) in [6.45, 7) is 6.24. The van der Waals surface area contributed by atoms with Gasteiger partial charge in [-0.1, -0.05) is 45.1 Å². The molecule has 0 heterocycles. The SMILES string of the molecule is C=CC1CCC([C@H](CCC)CCCC2CCC(F)C(F)C2)CC1. The largest absolute Gasteiger partial charge is 0.244 e. The maximum absolute atomic E-state index is 13.5. The molecule has 0 N–H and O–H groups in total. The van der Waals surface area contributed by atoms with Crippen molar-refractivity contribution < 1.29 is 8.78 Å². The summed E-state index contributed by atoms with van der Waals surface area (Å²) in [7, 11) is 0. The molecule has 2 rings (SSSR count). The molecular weight excluding hydrogens is 290 g/mol. The van der Waals surface area contributed by atoms with Crippen LogP contribution in [0.1, 0.15) is 84.0 Å². The average Bonchev–Trinajstić information content (AvgIpc) is 2.57. The third-order valence-electron chi connectivity index (χ3n) is 6.46. The third-order valence-corrected chi connectivity index (χ3v) is 6.46. The Hall–Kier alpha value is -0.400. The van der Waals surface area contributed by atoms with E-state index in [2.05, 4.69) is 19.6 Å². The van der Waals surface area contributed by atoms with Crippen molar-refractivity contribution in [3.8, 4) is 0 Å². The molecule has 0 radical (unpaired) electrons. The first kappa shape index (κ1) is 18.9. The van der Waals surface area contributed by atoms with Gasteiger partial charge in [-0.3, -0.25) is 0 Å². The van der Waals surface area contributed by atoms with Gasteiger partial charge in [-0.25, -0.2) is 8.78 Å². The lowest BCUT2D eigenvalue weighted by Gasteiger charge is -2.34. The van der Waals surface area contributed by atoms with Crippen molar-refractivity contribution in [2.24, 2.45) is 23.7 Å². The number of allylic oxidation sites excluding steroid dienone is 1. The van der Waals surface area contributed by atoms with Gasteiger partial charge < -0.3 is 0 Å². The zero-order chi connectivity index (χ0) is 16.7. The average molecular weight is 327 g/mol. The fourth-order valence-corrected chi connectivity index (χ4v) is 4.93. The minimum atomic E-state index is -1.20. The van der Waals surface area contributed by atoms with Gasteiger partial charge in [0, 0.05) is 0 Å². The molecule has 0 aromatic heterocycles. The van der Waals surface area contributed by atoms with E-state index >= 15 is 0 Å². The maximum atomic E-state index is 13.5. The first-order valence-electron chi connectivity index (χ1n) is 10.0. The minimum Gasteiger partial charge on any atom is -0.244 e. The van der Waals surface area contributed by atoms with E-state index < -0.39 is 12.3 Å². The molecule has 2 aliphatic rings. The Morgan fingerprint density at radius 2 is 1.74 bits per heavy atom. The quantitative estimate of drug-likeness (QED) is 0.419. The third kappa shape index (κ3) is 5.87. The molecule has 23 heavy (non-hydrogen) atoms. The summed E-state index contributed by atoms with van der Waals surface area (Å²) in [6, 6.07) is 0. The van der Waals surface area contributed by atoms with Gasteiger partial charge >= 0.3 is 0 Å². The number of halogens is 2. The van der Waals surface area contributed by atoms with E-state index in [0.717, 1.165) is 30.6 Å². The normalized spacial score (nSPS) is 36.6. The highest BCUT2D eigenvalue weighted by Crippen LogP contribution is 2.39. The highest BCUT2D eigenvalue weighted by molar-refractivity contribution is 4.86. The van der Waals surface area contributed by atoms with Gasteiger partial charge in [0.05, 0.1) is 0 Å². The van der Waals surface area contributed by atoms with E-state index in [1.807, 2.05) is 0 Å². The van der Waals surface area contributed by atoms with Gasteiger partial charge in [0.25, 0.3) is 0 Å². The van der Waals surface area contributed by atoms with E-state index in [0.29, 0.717) is 18.8 Å². The van der Waals surface area contributed by atoms with Gasteiger partial charge in [0.2, 0.25) is 0 Å². The Balaban J connectivity index is 1.71. The molecule has 2 heteroatoms. The molecule has 3 unspecified atom stereocenters. The van der Waals surface area contributed by atoms with Crippen molar-refractivity contribution >= 4 is 0 Å². The van der Waals surface area contributed by atoms with Crippen LogP contribution in [0.4, 0.5) is 8.78 Å². The van der Waals surface area contributed by atoms with Crippen molar-refractivity contribution in [3.63, 3.8) is 0 Å². The van der Waals surface area contributed by atoms with Gasteiger partial charge in [-0.15, -0.1) is 6.58 Å². The van der Waals surface area contributed by atoms with Crippen molar-refractivity contribution in [1.29, 1.82) is 0 Å². The summed E-state index contributed by atoms with van der Waals surface area (Å²) < 4.78 is 26.7. The summed E-state index contributed by atoms with van der Waals surface area (Å²) in [6.07, 6.45) is 13.1. The van der Waals surface area contributed by atoms with E-state index in [4.69, 9.17) is 0 Å². The van der Waals surface area contributed by atoms with Crippen LogP contribution in [0.5, 0.6) is 0 Å². The Labute approximate surface area is 142 Å². The highest BCUT2D eigenvalue weighted by Gasteiger charge is 2.31. The van der Waals surface area contributed by atoms with Crippen LogP contribution < -0.4 is 0 Å². The standard InChI is InChI=1S/C21H36F2/c1-3-6-18(19-12-9-16(4-2)10-13-19)8-5-7-17-11-14-20(22)21(23)15-17/h4,16-21H,2-3,5-15H2,1H3/t16?,17?,18-,19?,20?,21?/m1/s1. The molecule has 0 amide bonds. The molecule has 0 aromatic carbocycles. The Kier molecular flexibility index (Phi) is 8.06. The second kappa shape index (κ2) is 9.79. The van der Waals surface area contributed by atoms with Crippen molar-refractivity contribution in [2.45, 2.75) is 96.3 Å². The molecular formula is C21H36F2. The van der Waals surface area contributed by atoms with Crippen LogP contribution in [0.25, 0.3) is 0 Å². The lowest BCUT2D eigenvalue weighted by atomic mass is 9.72. The zero-order valence-electron chi connectivity index (χ0n) is 15.0. The molecule has 0 aliphatic heterocycles. The molecule has 0 spiro atoms. The van der Waals surface area contributed by atoms with E-state index in [-0.39, 0.29) is 0 Å². The number of rotatable bonds is 8. The Morgan fingerprint density at radius 3 is 2.35 bits per heavy atom. The van der Waals surface area contributed by atoms with Gasteiger partial charge in [-0.2, -0.15) is 0 Å². The van der Waals surface area contributed by atoms with Crippen molar-refractivity contribution in [1.82, 2.24) is 0 Å². The Morgan fingerprint density at radius 1 is 1.00 bits per heavy atom. The molecule has 0 saturated heterocycles. The van der Waals surface area contributed by atoms with Crippen LogP contribution >= 0.6 is 0 Å². The fourth-order valence-electron chi connectivity index (χ4n) is 4.93. The predicted octanol–water partition coefficient (Wildman–Crippen LogP) is 7.04. The van der Waals surface area contributed by atoms with Crippen LogP contribution in [0.15, 0.2) is 12.7 Å². The molecule has 2 fully saturated rings. The first-order valence-corrected chi connectivity index (χ1v) is 10.0. The molecule has 0 bridgehead atoms. The second-order valence-electron chi connectivity index (χ2n) is 8.10.